The van der Waals surface area contributed by atoms with Crippen LogP contribution in [0.5, 0.6) is 5.75 Å². The molecule has 0 fully saturated rings. The van der Waals surface area contributed by atoms with Crippen LogP contribution in [0.15, 0.2) is 18.2 Å². The molecule has 3 heteroatoms. The lowest BCUT2D eigenvalue weighted by molar-refractivity contribution is 0.304. The summed E-state index contributed by atoms with van der Waals surface area (Å²) < 4.78 is 5.51. The Morgan fingerprint density at radius 3 is 2.32 bits per heavy atom. The molecule has 3 N–H and O–H groups in total. The van der Waals surface area contributed by atoms with E-state index in [2.05, 4.69) is 33.0 Å². The fourth-order valence-electron chi connectivity index (χ4n) is 2.40. The first-order valence-electron chi connectivity index (χ1n) is 7.21. The van der Waals surface area contributed by atoms with E-state index in [1.807, 2.05) is 25.1 Å². The summed E-state index contributed by atoms with van der Waals surface area (Å²) in [6.07, 6.45) is 0. The van der Waals surface area contributed by atoms with E-state index in [0.29, 0.717) is 30.0 Å². The van der Waals surface area contributed by atoms with Crippen LogP contribution in [0.4, 0.5) is 11.4 Å². The molecule has 0 unspecified atom stereocenters. The van der Waals surface area contributed by atoms with E-state index in [-0.39, 0.29) is 0 Å². The molecule has 19 heavy (non-hydrogen) atoms. The topological polar surface area (TPSA) is 47.3 Å². The average molecular weight is 264 g/mol. The van der Waals surface area contributed by atoms with Gasteiger partial charge in [0.15, 0.2) is 0 Å². The van der Waals surface area contributed by atoms with Gasteiger partial charge in [0.05, 0.1) is 12.3 Å². The van der Waals surface area contributed by atoms with Crippen molar-refractivity contribution in [3.63, 3.8) is 0 Å². The average Bonchev–Trinajstić information content (AvgIpc) is 2.32. The maximum Gasteiger partial charge on any atom is 0.144 e. The van der Waals surface area contributed by atoms with Gasteiger partial charge < -0.3 is 15.8 Å². The van der Waals surface area contributed by atoms with Gasteiger partial charge in [-0.2, -0.15) is 0 Å². The molecule has 1 aromatic rings. The summed E-state index contributed by atoms with van der Waals surface area (Å²) in [6, 6.07) is 5.89. The Morgan fingerprint density at radius 2 is 1.79 bits per heavy atom. The molecule has 3 nitrogen and oxygen atoms in total. The van der Waals surface area contributed by atoms with Crippen molar-refractivity contribution in [2.45, 2.75) is 34.6 Å². The summed E-state index contributed by atoms with van der Waals surface area (Å²) in [5.74, 6) is 2.77. The highest BCUT2D eigenvalue weighted by Crippen LogP contribution is 2.27. The van der Waals surface area contributed by atoms with Gasteiger partial charge in [0.25, 0.3) is 0 Å². The lowest BCUT2D eigenvalue weighted by Gasteiger charge is -2.25. The molecule has 0 aliphatic carbocycles. The van der Waals surface area contributed by atoms with Crippen LogP contribution in [0, 0.1) is 17.8 Å². The first-order valence-corrected chi connectivity index (χ1v) is 7.21. The number of hydrogen-bond donors (Lipinski definition) is 2. The molecule has 0 aliphatic heterocycles. The van der Waals surface area contributed by atoms with Crippen molar-refractivity contribution in [1.82, 2.24) is 0 Å². The van der Waals surface area contributed by atoms with Crippen molar-refractivity contribution in [2.24, 2.45) is 17.8 Å². The molecule has 1 rings (SSSR count). The third-order valence-electron chi connectivity index (χ3n) is 3.57. The van der Waals surface area contributed by atoms with E-state index in [1.54, 1.807) is 0 Å². The number of nitrogens with one attached hydrogen (secondary N) is 1. The molecule has 0 bridgehead atoms. The summed E-state index contributed by atoms with van der Waals surface area (Å²) >= 11 is 0. The first-order chi connectivity index (χ1) is 8.95. The second kappa shape index (κ2) is 7.27. The van der Waals surface area contributed by atoms with Crippen molar-refractivity contribution >= 4 is 11.4 Å². The van der Waals surface area contributed by atoms with Gasteiger partial charge in [-0.15, -0.1) is 0 Å². The largest absolute Gasteiger partial charge is 0.492 e. The van der Waals surface area contributed by atoms with Crippen LogP contribution >= 0.6 is 0 Å². The second-order valence-electron chi connectivity index (χ2n) is 5.72. The van der Waals surface area contributed by atoms with Crippen LogP contribution in [-0.4, -0.2) is 13.2 Å². The predicted octanol–water partition coefficient (Wildman–Crippen LogP) is 4.01. The van der Waals surface area contributed by atoms with E-state index in [0.717, 1.165) is 18.0 Å². The highest BCUT2D eigenvalue weighted by atomic mass is 16.5. The van der Waals surface area contributed by atoms with Crippen LogP contribution in [0.2, 0.25) is 0 Å². The Labute approximate surface area is 117 Å². The molecule has 0 atom stereocenters. The van der Waals surface area contributed by atoms with Gasteiger partial charge in [-0.3, -0.25) is 0 Å². The van der Waals surface area contributed by atoms with Crippen LogP contribution in [-0.2, 0) is 0 Å². The van der Waals surface area contributed by atoms with Crippen LogP contribution in [0.25, 0.3) is 0 Å². The van der Waals surface area contributed by atoms with E-state index in [9.17, 15) is 0 Å². The van der Waals surface area contributed by atoms with E-state index in [4.69, 9.17) is 10.5 Å². The molecule has 0 aromatic heterocycles. The normalized spacial score (nSPS) is 11.4. The molecule has 0 aliphatic rings. The standard InChI is InChI=1S/C16H28N2O/c1-6-19-16-9-13(7-8-15(16)17)18-10-14(11(2)3)12(4)5/h7-9,11-12,14,18H,6,10,17H2,1-5H3. The third-order valence-corrected chi connectivity index (χ3v) is 3.57. The van der Waals surface area contributed by atoms with Crippen molar-refractivity contribution in [2.75, 3.05) is 24.2 Å². The molecule has 1 aromatic carbocycles. The molecule has 0 spiro atoms. The number of nitrogens with two attached hydrogens (primary N) is 1. The van der Waals surface area contributed by atoms with Gasteiger partial charge in [-0.25, -0.2) is 0 Å². The van der Waals surface area contributed by atoms with E-state index >= 15 is 0 Å². The van der Waals surface area contributed by atoms with Gasteiger partial charge in [0.2, 0.25) is 0 Å². The number of hydrogen-bond acceptors (Lipinski definition) is 3. The molecular formula is C16H28N2O. The van der Waals surface area contributed by atoms with Gasteiger partial charge in [-0.1, -0.05) is 27.7 Å². The summed E-state index contributed by atoms with van der Waals surface area (Å²) in [5.41, 5.74) is 7.64. The Hall–Kier alpha value is -1.38. The van der Waals surface area contributed by atoms with E-state index < -0.39 is 0 Å². The van der Waals surface area contributed by atoms with Gasteiger partial charge in [0.1, 0.15) is 5.75 Å². The number of benzene rings is 1. The quantitative estimate of drug-likeness (QED) is 0.732. The Morgan fingerprint density at radius 1 is 1.16 bits per heavy atom. The molecule has 0 radical (unpaired) electrons. The molecule has 0 saturated heterocycles. The SMILES string of the molecule is CCOc1cc(NCC(C(C)C)C(C)C)ccc1N. The summed E-state index contributed by atoms with van der Waals surface area (Å²) in [7, 11) is 0. The molecular weight excluding hydrogens is 236 g/mol. The monoisotopic (exact) mass is 264 g/mol. The maximum absolute atomic E-state index is 5.88. The van der Waals surface area contributed by atoms with Crippen molar-refractivity contribution < 1.29 is 4.74 Å². The summed E-state index contributed by atoms with van der Waals surface area (Å²) in [5, 5.41) is 3.50. The van der Waals surface area contributed by atoms with Crippen molar-refractivity contribution in [3.8, 4) is 5.75 Å². The lowest BCUT2D eigenvalue weighted by atomic mass is 9.85. The zero-order valence-electron chi connectivity index (χ0n) is 12.9. The van der Waals surface area contributed by atoms with Crippen LogP contribution in [0.1, 0.15) is 34.6 Å². The number of rotatable bonds is 7. The molecule has 0 amide bonds. The minimum Gasteiger partial charge on any atom is -0.492 e. The minimum absolute atomic E-state index is 0.633. The minimum atomic E-state index is 0.633. The van der Waals surface area contributed by atoms with Crippen molar-refractivity contribution in [1.29, 1.82) is 0 Å². The highest BCUT2D eigenvalue weighted by molar-refractivity contribution is 5.61. The fraction of sp³-hybridized carbons (Fsp3) is 0.625. The maximum atomic E-state index is 5.88. The predicted molar refractivity (Wildman–Crippen MR) is 83.7 cm³/mol. The summed E-state index contributed by atoms with van der Waals surface area (Å²) in [6.45, 7) is 12.7. The lowest BCUT2D eigenvalue weighted by Crippen LogP contribution is -2.24. The Balaban J connectivity index is 2.69. The number of nitrogen functional groups attached to an aromatic ring is 1. The van der Waals surface area contributed by atoms with Gasteiger partial charge in [-0.05, 0) is 36.8 Å². The van der Waals surface area contributed by atoms with Crippen LogP contribution < -0.4 is 15.8 Å². The van der Waals surface area contributed by atoms with E-state index in [1.165, 1.54) is 0 Å². The third kappa shape index (κ3) is 4.66. The second-order valence-corrected chi connectivity index (χ2v) is 5.72. The Kier molecular flexibility index (Phi) is 6.00. The number of anilines is 2. The summed E-state index contributed by atoms with van der Waals surface area (Å²) in [4.78, 5) is 0. The number of ether oxygens (including phenoxy) is 1. The van der Waals surface area contributed by atoms with Crippen molar-refractivity contribution in [3.05, 3.63) is 18.2 Å². The van der Waals surface area contributed by atoms with Gasteiger partial charge >= 0.3 is 0 Å². The zero-order chi connectivity index (χ0) is 14.4. The zero-order valence-corrected chi connectivity index (χ0v) is 12.9. The molecule has 0 heterocycles. The first kappa shape index (κ1) is 15.7. The van der Waals surface area contributed by atoms with Crippen LogP contribution in [0.3, 0.4) is 0 Å². The molecule has 0 saturated carbocycles. The Bertz CT molecular complexity index is 380. The fourth-order valence-corrected chi connectivity index (χ4v) is 2.40. The smallest absolute Gasteiger partial charge is 0.144 e. The molecule has 108 valence electrons. The van der Waals surface area contributed by atoms with Gasteiger partial charge in [0, 0.05) is 18.3 Å². The highest BCUT2D eigenvalue weighted by Gasteiger charge is 2.17.